The van der Waals surface area contributed by atoms with Crippen LogP contribution >= 0.6 is 0 Å². The van der Waals surface area contributed by atoms with Crippen LogP contribution in [0, 0.1) is 0 Å². The van der Waals surface area contributed by atoms with Crippen LogP contribution in [0.25, 0.3) is 0 Å². The van der Waals surface area contributed by atoms with Crippen molar-refractivity contribution in [2.24, 2.45) is 7.05 Å². The highest BCUT2D eigenvalue weighted by Crippen LogP contribution is 2.33. The first kappa shape index (κ1) is 13.9. The van der Waals surface area contributed by atoms with Gasteiger partial charge in [-0.05, 0) is 18.9 Å². The van der Waals surface area contributed by atoms with Gasteiger partial charge < -0.3 is 9.64 Å². The van der Waals surface area contributed by atoms with Gasteiger partial charge in [-0.15, -0.1) is 0 Å². The van der Waals surface area contributed by atoms with Crippen LogP contribution in [0.2, 0.25) is 0 Å². The average Bonchev–Trinajstić information content (AvgIpc) is 2.94. The maximum atomic E-state index is 12.4. The summed E-state index contributed by atoms with van der Waals surface area (Å²) in [6.45, 7) is 1.13. The van der Waals surface area contributed by atoms with Gasteiger partial charge in [-0.3, -0.25) is 14.4 Å². The van der Waals surface area contributed by atoms with Crippen molar-refractivity contribution in [3.8, 4) is 0 Å². The Morgan fingerprint density at radius 1 is 1.33 bits per heavy atom. The smallest absolute Gasteiger partial charge is 0.274 e. The molecular formula is C14H17N3O4. The number of aromatic nitrogens is 2. The number of Topliss-reactive ketones (excluding diaryl/α,β-unsaturated/α-hetero) is 1. The van der Waals surface area contributed by atoms with Crippen molar-refractivity contribution in [3.05, 3.63) is 28.2 Å². The molecule has 0 saturated carbocycles. The summed E-state index contributed by atoms with van der Waals surface area (Å²) in [6.07, 6.45) is 2.16. The molecule has 112 valence electrons. The predicted molar refractivity (Wildman–Crippen MR) is 72.9 cm³/mol. The molecule has 3 heterocycles. The summed E-state index contributed by atoms with van der Waals surface area (Å²) in [6, 6.07) is 2.69. The number of ketones is 1. The van der Waals surface area contributed by atoms with Crippen molar-refractivity contribution in [3.63, 3.8) is 0 Å². The zero-order valence-electron chi connectivity index (χ0n) is 11.9. The largest absolute Gasteiger partial charge is 0.367 e. The molecule has 1 atom stereocenters. The standard InChI is InChI=1S/C14H17N3O4/c1-16-12(19)4-3-10(15-16)13(20)17-7-6-14(11(18)9-17)5-2-8-21-14/h3-4H,2,5-9H2,1H3/t14-/m0/s1. The Labute approximate surface area is 121 Å². The maximum absolute atomic E-state index is 12.4. The number of hydrogen-bond donors (Lipinski definition) is 0. The third-order valence-corrected chi connectivity index (χ3v) is 4.20. The highest BCUT2D eigenvalue weighted by molar-refractivity contribution is 5.98. The average molecular weight is 291 g/mol. The molecule has 2 fully saturated rings. The Morgan fingerprint density at radius 2 is 2.14 bits per heavy atom. The van der Waals surface area contributed by atoms with Gasteiger partial charge in [0.05, 0.1) is 6.54 Å². The molecule has 3 rings (SSSR count). The Balaban J connectivity index is 1.76. The molecule has 0 unspecified atom stereocenters. The molecule has 0 N–H and O–H groups in total. The van der Waals surface area contributed by atoms with Gasteiger partial charge in [-0.1, -0.05) is 0 Å². The number of piperidine rings is 1. The topological polar surface area (TPSA) is 81.5 Å². The van der Waals surface area contributed by atoms with Crippen LogP contribution in [0.3, 0.4) is 0 Å². The van der Waals surface area contributed by atoms with Gasteiger partial charge in [0.25, 0.3) is 11.5 Å². The number of ether oxygens (including phenoxy) is 1. The lowest BCUT2D eigenvalue weighted by Gasteiger charge is -2.36. The fourth-order valence-corrected chi connectivity index (χ4v) is 2.92. The summed E-state index contributed by atoms with van der Waals surface area (Å²) in [5.41, 5.74) is -0.777. The van der Waals surface area contributed by atoms with Gasteiger partial charge in [0.1, 0.15) is 11.3 Å². The van der Waals surface area contributed by atoms with Crippen LogP contribution in [0.1, 0.15) is 29.8 Å². The number of aryl methyl sites for hydroxylation is 1. The monoisotopic (exact) mass is 291 g/mol. The van der Waals surface area contributed by atoms with Gasteiger partial charge in [-0.2, -0.15) is 5.10 Å². The summed E-state index contributed by atoms with van der Waals surface area (Å²) in [4.78, 5) is 37.4. The molecule has 7 nitrogen and oxygen atoms in total. The molecule has 1 amide bonds. The first-order chi connectivity index (χ1) is 10.0. The molecule has 7 heteroatoms. The lowest BCUT2D eigenvalue weighted by molar-refractivity contribution is -0.144. The second kappa shape index (κ2) is 5.07. The van der Waals surface area contributed by atoms with E-state index in [1.54, 1.807) is 0 Å². The van der Waals surface area contributed by atoms with Crippen LogP contribution in [-0.4, -0.2) is 51.7 Å². The van der Waals surface area contributed by atoms with Crippen LogP contribution in [0.4, 0.5) is 0 Å². The van der Waals surface area contributed by atoms with E-state index in [9.17, 15) is 14.4 Å². The fourth-order valence-electron chi connectivity index (χ4n) is 2.92. The predicted octanol–water partition coefficient (Wildman–Crippen LogP) is -0.256. The van der Waals surface area contributed by atoms with Crippen molar-refractivity contribution in [1.82, 2.24) is 14.7 Å². The number of carbonyl (C=O) groups is 2. The van der Waals surface area contributed by atoms with E-state index in [-0.39, 0.29) is 29.5 Å². The summed E-state index contributed by atoms with van der Waals surface area (Å²) < 4.78 is 6.73. The van der Waals surface area contributed by atoms with E-state index in [0.717, 1.165) is 17.5 Å². The van der Waals surface area contributed by atoms with E-state index in [2.05, 4.69) is 5.10 Å². The van der Waals surface area contributed by atoms with Gasteiger partial charge >= 0.3 is 0 Å². The molecule has 0 aromatic carbocycles. The second-order valence-electron chi connectivity index (χ2n) is 5.53. The molecule has 21 heavy (non-hydrogen) atoms. The molecular weight excluding hydrogens is 274 g/mol. The van der Waals surface area contributed by atoms with E-state index in [1.807, 2.05) is 0 Å². The van der Waals surface area contributed by atoms with Crippen molar-refractivity contribution in [1.29, 1.82) is 0 Å². The number of rotatable bonds is 1. The van der Waals surface area contributed by atoms with Crippen LogP contribution < -0.4 is 5.56 Å². The van der Waals surface area contributed by atoms with Gasteiger partial charge in [0.15, 0.2) is 5.78 Å². The Morgan fingerprint density at radius 3 is 2.76 bits per heavy atom. The number of nitrogens with zero attached hydrogens (tertiary/aromatic N) is 3. The van der Waals surface area contributed by atoms with Crippen LogP contribution in [-0.2, 0) is 16.6 Å². The normalized spacial score (nSPS) is 25.6. The molecule has 1 aromatic heterocycles. The van der Waals surface area contributed by atoms with Crippen LogP contribution in [0.15, 0.2) is 16.9 Å². The Bertz CT molecular complexity index is 646. The highest BCUT2D eigenvalue weighted by atomic mass is 16.5. The molecule has 0 aliphatic carbocycles. The number of amides is 1. The Hall–Kier alpha value is -2.02. The van der Waals surface area contributed by atoms with E-state index in [0.29, 0.717) is 19.6 Å². The lowest BCUT2D eigenvalue weighted by atomic mass is 9.87. The molecule has 1 aromatic rings. The van der Waals surface area contributed by atoms with E-state index < -0.39 is 5.60 Å². The zero-order valence-corrected chi connectivity index (χ0v) is 11.9. The Kier molecular flexibility index (Phi) is 3.36. The number of carbonyl (C=O) groups excluding carboxylic acids is 2. The molecule has 2 aliphatic rings. The fraction of sp³-hybridized carbons (Fsp3) is 0.571. The summed E-state index contributed by atoms with van der Waals surface area (Å²) in [7, 11) is 1.49. The van der Waals surface area contributed by atoms with E-state index in [4.69, 9.17) is 4.74 Å². The highest BCUT2D eigenvalue weighted by Gasteiger charge is 2.46. The molecule has 0 bridgehead atoms. The molecule has 2 aliphatic heterocycles. The number of hydrogen-bond acceptors (Lipinski definition) is 5. The van der Waals surface area contributed by atoms with Gasteiger partial charge in [0, 0.05) is 32.7 Å². The summed E-state index contributed by atoms with van der Waals surface area (Å²) >= 11 is 0. The molecule has 2 saturated heterocycles. The first-order valence-corrected chi connectivity index (χ1v) is 7.03. The van der Waals surface area contributed by atoms with Crippen molar-refractivity contribution in [2.75, 3.05) is 19.7 Å². The minimum Gasteiger partial charge on any atom is -0.367 e. The third kappa shape index (κ3) is 2.37. The number of likely N-dealkylation sites (tertiary alicyclic amines) is 1. The molecule has 1 spiro atoms. The minimum absolute atomic E-state index is 0.0376. The SMILES string of the molecule is Cn1nc(C(=O)N2CC[C@@]3(CCCO3)C(=O)C2)ccc1=O. The first-order valence-electron chi connectivity index (χ1n) is 7.03. The second-order valence-corrected chi connectivity index (χ2v) is 5.53. The van der Waals surface area contributed by atoms with E-state index >= 15 is 0 Å². The van der Waals surface area contributed by atoms with Crippen LogP contribution in [0.5, 0.6) is 0 Å². The molecule has 0 radical (unpaired) electrons. The van der Waals surface area contributed by atoms with E-state index in [1.165, 1.54) is 24.1 Å². The lowest BCUT2D eigenvalue weighted by Crippen LogP contribution is -2.54. The maximum Gasteiger partial charge on any atom is 0.274 e. The van der Waals surface area contributed by atoms with Crippen molar-refractivity contribution < 1.29 is 14.3 Å². The van der Waals surface area contributed by atoms with Crippen molar-refractivity contribution in [2.45, 2.75) is 24.9 Å². The van der Waals surface area contributed by atoms with Gasteiger partial charge in [-0.25, -0.2) is 4.68 Å². The van der Waals surface area contributed by atoms with Crippen molar-refractivity contribution >= 4 is 11.7 Å². The third-order valence-electron chi connectivity index (χ3n) is 4.20. The van der Waals surface area contributed by atoms with Gasteiger partial charge in [0.2, 0.25) is 0 Å². The summed E-state index contributed by atoms with van der Waals surface area (Å²) in [5.74, 6) is -0.365. The summed E-state index contributed by atoms with van der Waals surface area (Å²) in [5, 5.41) is 3.93. The quantitative estimate of drug-likeness (QED) is 0.712. The zero-order chi connectivity index (χ0) is 15.0. The minimum atomic E-state index is -0.673.